The summed E-state index contributed by atoms with van der Waals surface area (Å²) in [4.78, 5) is 0. The summed E-state index contributed by atoms with van der Waals surface area (Å²) in [5, 5.41) is 0. The normalized spacial score (nSPS) is 8.53. The largest absolute Gasteiger partial charge is 0.497 e. The van der Waals surface area contributed by atoms with E-state index in [9.17, 15) is 0 Å². The third-order valence-corrected chi connectivity index (χ3v) is 1.68. The number of methoxy groups -OCH3 is 1. The van der Waals surface area contributed by atoms with Gasteiger partial charge in [-0.25, -0.2) is 0 Å². The molecule has 0 atom stereocenters. The van der Waals surface area contributed by atoms with E-state index in [1.807, 2.05) is 24.3 Å². The molecule has 76 valence electrons. The molecule has 0 heterocycles. The Bertz CT molecular complexity index is 387. The van der Waals surface area contributed by atoms with Crippen LogP contribution in [0.15, 0.2) is 24.3 Å². The average Bonchev–Trinajstić information content (AvgIpc) is 2.30. The zero-order valence-corrected chi connectivity index (χ0v) is 8.62. The molecule has 0 aliphatic rings. The lowest BCUT2D eigenvalue weighted by molar-refractivity contribution is 0.205. The topological polar surface area (TPSA) is 18.5 Å². The number of hydrogen-bond acceptors (Lipinski definition) is 2. The Kier molecular flexibility index (Phi) is 4.87. The fourth-order valence-electron chi connectivity index (χ4n) is 0.973. The summed E-state index contributed by atoms with van der Waals surface area (Å²) in [6.45, 7) is 0.660. The predicted molar refractivity (Wildman–Crippen MR) is 59.5 cm³/mol. The first-order valence-corrected chi connectivity index (χ1v) is 4.51. The molecule has 0 aliphatic carbocycles. The Hall–Kier alpha value is -1.90. The van der Waals surface area contributed by atoms with Gasteiger partial charge in [0.05, 0.1) is 7.11 Å². The van der Waals surface area contributed by atoms with E-state index in [2.05, 4.69) is 17.8 Å². The first kappa shape index (κ1) is 11.2. The van der Waals surface area contributed by atoms with Gasteiger partial charge in [0.2, 0.25) is 0 Å². The van der Waals surface area contributed by atoms with Gasteiger partial charge in [-0.3, -0.25) is 0 Å². The van der Waals surface area contributed by atoms with E-state index >= 15 is 0 Å². The molecule has 1 aromatic rings. The SMILES string of the molecule is C#CCOCC#Cc1ccc(OC)cc1. The molecule has 0 radical (unpaired) electrons. The van der Waals surface area contributed by atoms with Crippen LogP contribution in [0.3, 0.4) is 0 Å². The zero-order chi connectivity index (χ0) is 10.9. The molecular formula is C13H12O2. The van der Waals surface area contributed by atoms with Crippen molar-refractivity contribution in [3.05, 3.63) is 29.8 Å². The molecule has 0 aromatic heterocycles. The molecule has 0 unspecified atom stereocenters. The lowest BCUT2D eigenvalue weighted by Crippen LogP contribution is -1.90. The third-order valence-electron chi connectivity index (χ3n) is 1.68. The monoisotopic (exact) mass is 200 g/mol. The molecule has 2 heteroatoms. The molecule has 0 amide bonds. The van der Waals surface area contributed by atoms with Crippen molar-refractivity contribution in [2.45, 2.75) is 0 Å². The number of ether oxygens (including phenoxy) is 2. The van der Waals surface area contributed by atoms with Crippen LogP contribution in [0.1, 0.15) is 5.56 Å². The molecule has 0 spiro atoms. The van der Waals surface area contributed by atoms with Gasteiger partial charge in [0.1, 0.15) is 19.0 Å². The number of rotatable bonds is 3. The van der Waals surface area contributed by atoms with Crippen molar-refractivity contribution in [2.75, 3.05) is 20.3 Å². The molecule has 15 heavy (non-hydrogen) atoms. The van der Waals surface area contributed by atoms with E-state index in [0.29, 0.717) is 13.2 Å². The van der Waals surface area contributed by atoms with Crippen LogP contribution in [-0.2, 0) is 4.74 Å². The highest BCUT2D eigenvalue weighted by molar-refractivity contribution is 5.38. The molecule has 0 saturated carbocycles. The second-order valence-electron chi connectivity index (χ2n) is 2.73. The Balaban J connectivity index is 2.46. The minimum atomic E-state index is 0.303. The van der Waals surface area contributed by atoms with Crippen LogP contribution in [0.4, 0.5) is 0 Å². The minimum Gasteiger partial charge on any atom is -0.497 e. The second kappa shape index (κ2) is 6.54. The van der Waals surface area contributed by atoms with Crippen molar-refractivity contribution < 1.29 is 9.47 Å². The Morgan fingerprint density at radius 2 is 1.93 bits per heavy atom. The van der Waals surface area contributed by atoms with E-state index in [4.69, 9.17) is 15.9 Å². The van der Waals surface area contributed by atoms with Crippen molar-refractivity contribution in [1.82, 2.24) is 0 Å². The highest BCUT2D eigenvalue weighted by atomic mass is 16.5. The standard InChI is InChI=1S/C13H12O2/c1-3-10-15-11-4-5-12-6-8-13(14-2)9-7-12/h1,6-9H,10-11H2,2H3. The quantitative estimate of drug-likeness (QED) is 0.546. The summed E-state index contributed by atoms with van der Waals surface area (Å²) >= 11 is 0. The zero-order valence-electron chi connectivity index (χ0n) is 8.62. The van der Waals surface area contributed by atoms with Gasteiger partial charge in [-0.05, 0) is 24.3 Å². The molecule has 1 rings (SSSR count). The van der Waals surface area contributed by atoms with Crippen molar-refractivity contribution in [1.29, 1.82) is 0 Å². The van der Waals surface area contributed by atoms with Crippen LogP contribution in [0.2, 0.25) is 0 Å². The van der Waals surface area contributed by atoms with Crippen LogP contribution in [-0.4, -0.2) is 20.3 Å². The number of terminal acetylenes is 1. The summed E-state index contributed by atoms with van der Waals surface area (Å²) in [7, 11) is 1.63. The summed E-state index contributed by atoms with van der Waals surface area (Å²) in [6, 6.07) is 7.53. The van der Waals surface area contributed by atoms with Gasteiger partial charge >= 0.3 is 0 Å². The summed E-state index contributed by atoms with van der Waals surface area (Å²) < 4.78 is 10.0. The third kappa shape index (κ3) is 4.22. The summed E-state index contributed by atoms with van der Waals surface area (Å²) in [6.07, 6.45) is 5.02. The maximum absolute atomic E-state index is 5.03. The van der Waals surface area contributed by atoms with E-state index in [1.54, 1.807) is 7.11 Å². The number of benzene rings is 1. The summed E-state index contributed by atoms with van der Waals surface area (Å²) in [5.74, 6) is 9.02. The van der Waals surface area contributed by atoms with Crippen LogP contribution >= 0.6 is 0 Å². The maximum Gasteiger partial charge on any atom is 0.118 e. The highest BCUT2D eigenvalue weighted by Crippen LogP contribution is 2.09. The smallest absolute Gasteiger partial charge is 0.118 e. The van der Waals surface area contributed by atoms with Gasteiger partial charge in [-0.15, -0.1) is 6.42 Å². The first-order chi connectivity index (χ1) is 7.36. The Morgan fingerprint density at radius 1 is 1.20 bits per heavy atom. The van der Waals surface area contributed by atoms with E-state index < -0.39 is 0 Å². The minimum absolute atomic E-state index is 0.303. The van der Waals surface area contributed by atoms with Gasteiger partial charge in [0, 0.05) is 5.56 Å². The molecule has 0 bridgehead atoms. The van der Waals surface area contributed by atoms with Crippen LogP contribution < -0.4 is 4.74 Å². The van der Waals surface area contributed by atoms with Crippen molar-refractivity contribution in [3.63, 3.8) is 0 Å². The van der Waals surface area contributed by atoms with Crippen LogP contribution in [0.5, 0.6) is 5.75 Å². The van der Waals surface area contributed by atoms with Crippen LogP contribution in [0.25, 0.3) is 0 Å². The predicted octanol–water partition coefficient (Wildman–Crippen LogP) is 1.70. The van der Waals surface area contributed by atoms with Gasteiger partial charge in [-0.2, -0.15) is 0 Å². The van der Waals surface area contributed by atoms with Gasteiger partial charge in [0.25, 0.3) is 0 Å². The van der Waals surface area contributed by atoms with Crippen molar-refractivity contribution in [2.24, 2.45) is 0 Å². The highest BCUT2D eigenvalue weighted by Gasteiger charge is 1.89. The van der Waals surface area contributed by atoms with Crippen molar-refractivity contribution >= 4 is 0 Å². The molecule has 2 nitrogen and oxygen atoms in total. The molecule has 0 fully saturated rings. The lowest BCUT2D eigenvalue weighted by atomic mass is 10.2. The van der Waals surface area contributed by atoms with Crippen molar-refractivity contribution in [3.8, 4) is 29.9 Å². The van der Waals surface area contributed by atoms with E-state index in [1.165, 1.54) is 0 Å². The Morgan fingerprint density at radius 3 is 2.53 bits per heavy atom. The second-order valence-corrected chi connectivity index (χ2v) is 2.73. The summed E-state index contributed by atoms with van der Waals surface area (Å²) in [5.41, 5.74) is 0.931. The fraction of sp³-hybridized carbons (Fsp3) is 0.231. The molecular weight excluding hydrogens is 188 g/mol. The van der Waals surface area contributed by atoms with E-state index in [-0.39, 0.29) is 0 Å². The maximum atomic E-state index is 5.03. The molecule has 0 saturated heterocycles. The Labute approximate surface area is 90.2 Å². The average molecular weight is 200 g/mol. The van der Waals surface area contributed by atoms with Gasteiger partial charge in [0.15, 0.2) is 0 Å². The molecule has 1 aromatic carbocycles. The van der Waals surface area contributed by atoms with Gasteiger partial charge < -0.3 is 9.47 Å². The molecule has 0 aliphatic heterocycles. The van der Waals surface area contributed by atoms with E-state index in [0.717, 1.165) is 11.3 Å². The number of hydrogen-bond donors (Lipinski definition) is 0. The fourth-order valence-corrected chi connectivity index (χ4v) is 0.973. The van der Waals surface area contributed by atoms with Crippen LogP contribution in [0, 0.1) is 24.2 Å². The lowest BCUT2D eigenvalue weighted by Gasteiger charge is -1.97. The van der Waals surface area contributed by atoms with Gasteiger partial charge in [-0.1, -0.05) is 17.8 Å². The molecule has 0 N–H and O–H groups in total. The first-order valence-electron chi connectivity index (χ1n) is 4.51.